The summed E-state index contributed by atoms with van der Waals surface area (Å²) in [6, 6.07) is 10.6. The second-order valence-corrected chi connectivity index (χ2v) is 24.2. The number of aromatic nitrogens is 4. The van der Waals surface area contributed by atoms with Gasteiger partial charge < -0.3 is 68.5 Å². The number of hydrogen-bond donors (Lipinski definition) is 6. The Balaban J connectivity index is 1.17. The smallest absolute Gasteiger partial charge is 0.311 e. The van der Waals surface area contributed by atoms with Crippen LogP contribution in [-0.4, -0.2) is 184 Å². The highest BCUT2D eigenvalue weighted by molar-refractivity contribution is 7.71. The van der Waals surface area contributed by atoms with Crippen LogP contribution in [0.25, 0.3) is 11.3 Å². The van der Waals surface area contributed by atoms with Crippen molar-refractivity contribution in [1.29, 1.82) is 0 Å². The van der Waals surface area contributed by atoms with E-state index in [1.165, 1.54) is 14.0 Å². The van der Waals surface area contributed by atoms with Crippen LogP contribution in [-0.2, 0) is 52.8 Å². The number of cyclic esters (lactones) is 1. The van der Waals surface area contributed by atoms with Gasteiger partial charge in [-0.15, -0.1) is 5.10 Å². The lowest BCUT2D eigenvalue weighted by atomic mass is 9.77. The van der Waals surface area contributed by atoms with Crippen molar-refractivity contribution in [2.75, 3.05) is 27.7 Å². The Hall–Kier alpha value is -3.48. The lowest BCUT2D eigenvalue weighted by Crippen LogP contribution is -2.60. The number of rotatable bonds is 18. The summed E-state index contributed by atoms with van der Waals surface area (Å²) in [5.41, 5.74) is -1.79. The zero-order valence-electron chi connectivity index (χ0n) is 48.6. The highest BCUT2D eigenvalue weighted by atomic mass is 32.1. The molecule has 0 bridgehead atoms. The summed E-state index contributed by atoms with van der Waals surface area (Å²) >= 11 is 5.31. The third-order valence-corrected chi connectivity index (χ3v) is 17.6. The Bertz CT molecular complexity index is 2410. The fourth-order valence-electron chi connectivity index (χ4n) is 12.2. The molecular formula is C58H94N6O13S. The third kappa shape index (κ3) is 15.5. The lowest BCUT2D eigenvalue weighted by molar-refractivity contribution is -0.318. The number of esters is 1. The number of aliphatic hydroxyl groups is 5. The summed E-state index contributed by atoms with van der Waals surface area (Å²) in [5.74, 6) is -2.64. The molecule has 3 saturated heterocycles. The van der Waals surface area contributed by atoms with Crippen LogP contribution in [0.5, 0.6) is 5.75 Å². The number of aryl methyl sites for hydroxylation is 2. The Morgan fingerprint density at radius 1 is 0.897 bits per heavy atom. The molecule has 440 valence electrons. The standard InChI is InChI=1S/C58H94N6O13S/c1-14-46-58(10,71)50(67)39(6)61(11)32-35(2)30-56(8,70)52(37(4)49(38(5)54(69)75-46)76-47-31-57(9,72-13)51(68)40(7)74-47)77-55-48(66)44(29-36(3)73-55)62(12)33-41-22-24-42(25-23-41)43-34-64(60-59-43)28-19-17-15-16-18-26-63-27-20-21-45(65)53(63)78/h20-25,27,34-40,44,46-52,55,65-68,70-71H,14-19,26,28-33H2,1-13H3/t35-,36-,37+,38-,39-,40+,44+,46-,47+,48-,49+,50-,51+,52-,55+,56-,57-,58-/m1/s1. The number of hydrogen-bond acceptors (Lipinski definition) is 18. The molecule has 6 rings (SSSR count). The largest absolute Gasteiger partial charge is 0.505 e. The number of nitrogens with zero attached hydrogens (tertiary/aromatic N) is 6. The predicted octanol–water partition coefficient (Wildman–Crippen LogP) is 6.62. The van der Waals surface area contributed by atoms with Crippen LogP contribution in [0.3, 0.4) is 0 Å². The number of methoxy groups -OCH3 is 1. The van der Waals surface area contributed by atoms with Gasteiger partial charge in [-0.05, 0) is 118 Å². The first-order valence-electron chi connectivity index (χ1n) is 28.4. The van der Waals surface area contributed by atoms with Gasteiger partial charge >= 0.3 is 5.97 Å². The van der Waals surface area contributed by atoms with Crippen molar-refractivity contribution < 1.29 is 63.9 Å². The summed E-state index contributed by atoms with van der Waals surface area (Å²) in [5, 5.41) is 78.7. The minimum Gasteiger partial charge on any atom is -0.505 e. The third-order valence-electron chi connectivity index (χ3n) is 17.1. The summed E-state index contributed by atoms with van der Waals surface area (Å²) in [7, 11) is 5.31. The second-order valence-electron chi connectivity index (χ2n) is 23.8. The molecule has 19 nitrogen and oxygen atoms in total. The van der Waals surface area contributed by atoms with Gasteiger partial charge in [0, 0.05) is 69.5 Å². The van der Waals surface area contributed by atoms with Gasteiger partial charge in [0.25, 0.3) is 0 Å². The molecule has 0 radical (unpaired) electrons. The van der Waals surface area contributed by atoms with E-state index < -0.39 is 102 Å². The van der Waals surface area contributed by atoms with Crippen molar-refractivity contribution in [2.24, 2.45) is 17.8 Å². The number of ether oxygens (including phenoxy) is 6. The van der Waals surface area contributed by atoms with Crippen LogP contribution in [0.4, 0.5) is 0 Å². The van der Waals surface area contributed by atoms with E-state index in [4.69, 9.17) is 40.6 Å². The first kappa shape index (κ1) is 63.7. The number of unbranched alkanes of at least 4 members (excludes halogenated alkanes) is 4. The molecule has 0 amide bonds. The summed E-state index contributed by atoms with van der Waals surface area (Å²) in [4.78, 5) is 18.5. The number of aliphatic hydroxyl groups excluding tert-OH is 3. The van der Waals surface area contributed by atoms with Gasteiger partial charge in [0.05, 0.1) is 47.7 Å². The molecule has 2 aromatic heterocycles. The van der Waals surface area contributed by atoms with E-state index in [1.54, 1.807) is 53.7 Å². The number of benzene rings is 1. The predicted molar refractivity (Wildman–Crippen MR) is 297 cm³/mol. The van der Waals surface area contributed by atoms with Crippen LogP contribution in [0.15, 0.2) is 48.8 Å². The first-order valence-corrected chi connectivity index (χ1v) is 28.8. The highest BCUT2D eigenvalue weighted by Crippen LogP contribution is 2.40. The van der Waals surface area contributed by atoms with Crippen LogP contribution in [0.2, 0.25) is 0 Å². The molecule has 20 heteroatoms. The number of pyridine rings is 1. The van der Waals surface area contributed by atoms with Gasteiger partial charge in [-0.25, -0.2) is 0 Å². The molecule has 3 fully saturated rings. The van der Waals surface area contributed by atoms with E-state index >= 15 is 0 Å². The van der Waals surface area contributed by atoms with E-state index in [1.807, 2.05) is 73.5 Å². The van der Waals surface area contributed by atoms with Crippen LogP contribution >= 0.6 is 12.2 Å². The quantitative estimate of drug-likeness (QED) is 0.0446. The minimum atomic E-state index is -1.84. The molecule has 18 atom stereocenters. The van der Waals surface area contributed by atoms with Crippen molar-refractivity contribution in [3.63, 3.8) is 0 Å². The Kier molecular flexibility index (Phi) is 22.5. The van der Waals surface area contributed by atoms with Gasteiger partial charge in [0.1, 0.15) is 46.1 Å². The molecule has 3 aromatic rings. The molecule has 0 aliphatic carbocycles. The van der Waals surface area contributed by atoms with Crippen molar-refractivity contribution >= 4 is 18.2 Å². The molecule has 0 saturated carbocycles. The van der Waals surface area contributed by atoms with Crippen molar-refractivity contribution in [2.45, 2.75) is 237 Å². The SMILES string of the molecule is CC[C@H]1OC(=O)[C@H](C)[C@@H](O[C@H]2C[C@@](C)(OC)[C@@H](O)[C@H](C)O2)[C@H](C)[C@@H](O[C@@H]2O[C@H](C)C[C@H](N(C)Cc3ccc(-c4cn(CCCCCCCn5cccc(O)c5=S)nn4)cc3)[C@H]2O)[C@](C)(O)C[C@@H](C)CN(C)[C@H](C)[C@@H](O)[C@]1(C)O. The van der Waals surface area contributed by atoms with Crippen LogP contribution < -0.4 is 0 Å². The fourth-order valence-corrected chi connectivity index (χ4v) is 12.4. The van der Waals surface area contributed by atoms with Gasteiger partial charge in [-0.3, -0.25) is 14.4 Å². The van der Waals surface area contributed by atoms with E-state index in [-0.39, 0.29) is 37.0 Å². The van der Waals surface area contributed by atoms with Gasteiger partial charge in [0.15, 0.2) is 12.6 Å². The average molecular weight is 1120 g/mol. The molecule has 3 aliphatic rings. The highest BCUT2D eigenvalue weighted by Gasteiger charge is 2.53. The van der Waals surface area contributed by atoms with Gasteiger partial charge in [0.2, 0.25) is 0 Å². The van der Waals surface area contributed by atoms with E-state index in [0.717, 1.165) is 62.0 Å². The first-order chi connectivity index (χ1) is 36.7. The topological polar surface area (TPSA) is 236 Å². The van der Waals surface area contributed by atoms with Crippen molar-refractivity contribution in [3.8, 4) is 17.0 Å². The normalized spacial score (nSPS) is 37.0. The summed E-state index contributed by atoms with van der Waals surface area (Å²) < 4.78 is 42.7. The summed E-state index contributed by atoms with van der Waals surface area (Å²) in [6.45, 7) is 20.1. The molecule has 0 spiro atoms. The Morgan fingerprint density at radius 2 is 1.56 bits per heavy atom. The number of carbonyl (C=O) groups is 1. The molecule has 78 heavy (non-hydrogen) atoms. The minimum absolute atomic E-state index is 0.103. The fraction of sp³-hybridized carbons (Fsp3) is 0.759. The average Bonchev–Trinajstić information content (AvgIpc) is 3.87. The molecule has 6 N–H and O–H groups in total. The molecule has 1 aromatic carbocycles. The number of aromatic hydroxyl groups is 1. The zero-order chi connectivity index (χ0) is 57.4. The number of carbonyl (C=O) groups excluding carboxylic acids is 1. The Morgan fingerprint density at radius 3 is 2.23 bits per heavy atom. The second kappa shape index (κ2) is 27.5. The maximum Gasteiger partial charge on any atom is 0.311 e. The van der Waals surface area contributed by atoms with Crippen LogP contribution in [0, 0.1) is 22.4 Å². The van der Waals surface area contributed by atoms with Gasteiger partial charge in [-0.2, -0.15) is 0 Å². The van der Waals surface area contributed by atoms with Gasteiger partial charge in [-0.1, -0.05) is 81.7 Å². The molecular weight excluding hydrogens is 1020 g/mol. The van der Waals surface area contributed by atoms with Crippen molar-refractivity contribution in [3.05, 3.63) is 59.0 Å². The van der Waals surface area contributed by atoms with Crippen molar-refractivity contribution in [1.82, 2.24) is 29.4 Å². The monoisotopic (exact) mass is 1110 g/mol. The van der Waals surface area contributed by atoms with Crippen LogP contribution in [0.1, 0.15) is 133 Å². The maximum absolute atomic E-state index is 14.5. The molecule has 5 heterocycles. The van der Waals surface area contributed by atoms with E-state index in [2.05, 4.69) is 27.3 Å². The maximum atomic E-state index is 14.5. The number of likely N-dealkylation sites (N-methyl/N-ethyl adjacent to an activating group) is 2. The van der Waals surface area contributed by atoms with E-state index in [0.29, 0.717) is 24.2 Å². The Labute approximate surface area is 468 Å². The van der Waals surface area contributed by atoms with E-state index in [9.17, 15) is 35.4 Å². The molecule has 0 unspecified atom stereocenters. The summed E-state index contributed by atoms with van der Waals surface area (Å²) in [6.07, 6.45) is 0.0414. The lowest BCUT2D eigenvalue weighted by Gasteiger charge is -2.49. The molecule has 3 aliphatic heterocycles. The zero-order valence-corrected chi connectivity index (χ0v) is 49.4.